The minimum atomic E-state index is -0.110. The Morgan fingerprint density at radius 3 is 2.44 bits per heavy atom. The van der Waals surface area contributed by atoms with Crippen LogP contribution in [-0.4, -0.2) is 24.7 Å². The number of hydrogen-bond acceptors (Lipinski definition) is 3. The van der Waals surface area contributed by atoms with Crippen LogP contribution < -0.4 is 5.32 Å². The van der Waals surface area contributed by atoms with Gasteiger partial charge >= 0.3 is 5.97 Å². The molecule has 1 unspecified atom stereocenters. The van der Waals surface area contributed by atoms with E-state index in [0.717, 1.165) is 12.8 Å². The van der Waals surface area contributed by atoms with Gasteiger partial charge in [-0.1, -0.05) is 27.2 Å². The highest BCUT2D eigenvalue weighted by molar-refractivity contribution is 5.75. The molecule has 0 spiro atoms. The van der Waals surface area contributed by atoms with Crippen molar-refractivity contribution < 1.29 is 9.53 Å². The minimum absolute atomic E-state index is 0.0795. The van der Waals surface area contributed by atoms with Gasteiger partial charge in [0, 0.05) is 6.04 Å². The zero-order valence-electron chi connectivity index (χ0n) is 12.4. The van der Waals surface area contributed by atoms with E-state index in [-0.39, 0.29) is 12.0 Å². The Kier molecular flexibility index (Phi) is 6.13. The predicted molar refractivity (Wildman–Crippen MR) is 74.5 cm³/mol. The largest absolute Gasteiger partial charge is 0.465 e. The minimum Gasteiger partial charge on any atom is -0.465 e. The van der Waals surface area contributed by atoms with E-state index in [1.54, 1.807) is 0 Å². The Labute approximate surface area is 112 Å². The zero-order chi connectivity index (χ0) is 13.6. The summed E-state index contributed by atoms with van der Waals surface area (Å²) in [5.74, 6) is -0.0795. The maximum absolute atomic E-state index is 11.8. The molecule has 1 N–H and O–H groups in total. The van der Waals surface area contributed by atoms with Crippen LogP contribution in [0.2, 0.25) is 0 Å². The van der Waals surface area contributed by atoms with Gasteiger partial charge in [-0.3, -0.25) is 4.79 Å². The molecule has 106 valence electrons. The van der Waals surface area contributed by atoms with Crippen LogP contribution in [0.25, 0.3) is 0 Å². The van der Waals surface area contributed by atoms with Crippen molar-refractivity contribution in [3.8, 4) is 0 Å². The van der Waals surface area contributed by atoms with E-state index in [4.69, 9.17) is 4.74 Å². The second kappa shape index (κ2) is 7.13. The van der Waals surface area contributed by atoms with Crippen molar-refractivity contribution in [1.29, 1.82) is 0 Å². The first kappa shape index (κ1) is 15.5. The second-order valence-corrected chi connectivity index (χ2v) is 6.20. The van der Waals surface area contributed by atoms with E-state index in [1.807, 2.05) is 6.92 Å². The average Bonchev–Trinajstić information content (AvgIpc) is 2.31. The van der Waals surface area contributed by atoms with Crippen molar-refractivity contribution in [3.05, 3.63) is 0 Å². The van der Waals surface area contributed by atoms with Crippen molar-refractivity contribution in [2.75, 3.05) is 6.61 Å². The lowest BCUT2D eigenvalue weighted by Crippen LogP contribution is -2.46. The van der Waals surface area contributed by atoms with E-state index < -0.39 is 0 Å². The summed E-state index contributed by atoms with van der Waals surface area (Å²) >= 11 is 0. The SMILES string of the molecule is CCCC(NC1CCC(C)(C)CC1)C(=O)OCC. The third kappa shape index (κ3) is 4.97. The van der Waals surface area contributed by atoms with Crippen LogP contribution in [0.3, 0.4) is 0 Å². The van der Waals surface area contributed by atoms with Crippen molar-refractivity contribution >= 4 is 5.97 Å². The van der Waals surface area contributed by atoms with Gasteiger partial charge in [-0.2, -0.15) is 0 Å². The Hall–Kier alpha value is -0.570. The maximum Gasteiger partial charge on any atom is 0.323 e. The molecule has 3 heteroatoms. The molecule has 0 aliphatic heterocycles. The molecular weight excluding hydrogens is 226 g/mol. The molecule has 1 saturated carbocycles. The first-order valence-corrected chi connectivity index (χ1v) is 7.41. The lowest BCUT2D eigenvalue weighted by atomic mass is 9.75. The molecule has 1 aliphatic carbocycles. The van der Waals surface area contributed by atoms with Gasteiger partial charge in [0.15, 0.2) is 0 Å². The number of ether oxygens (including phenoxy) is 1. The molecule has 18 heavy (non-hydrogen) atoms. The summed E-state index contributed by atoms with van der Waals surface area (Å²) in [6.45, 7) is 9.11. The molecular formula is C15H29NO2. The standard InChI is InChI=1S/C15H29NO2/c1-5-7-13(14(17)18-6-2)16-12-8-10-15(3,4)11-9-12/h12-13,16H,5-11H2,1-4H3. The summed E-state index contributed by atoms with van der Waals surface area (Å²) in [6.07, 6.45) is 6.71. The Morgan fingerprint density at radius 1 is 1.33 bits per heavy atom. The third-order valence-electron chi connectivity index (χ3n) is 3.92. The van der Waals surface area contributed by atoms with Crippen LogP contribution in [0.1, 0.15) is 66.2 Å². The first-order chi connectivity index (χ1) is 8.48. The summed E-state index contributed by atoms with van der Waals surface area (Å²) in [5.41, 5.74) is 0.475. The Bertz CT molecular complexity index is 253. The van der Waals surface area contributed by atoms with Crippen LogP contribution in [0.15, 0.2) is 0 Å². The molecule has 0 heterocycles. The molecule has 1 rings (SSSR count). The fourth-order valence-corrected chi connectivity index (χ4v) is 2.65. The maximum atomic E-state index is 11.8. The average molecular weight is 255 g/mol. The van der Waals surface area contributed by atoms with Gasteiger partial charge in [0.25, 0.3) is 0 Å². The van der Waals surface area contributed by atoms with Crippen LogP contribution in [0, 0.1) is 5.41 Å². The summed E-state index contributed by atoms with van der Waals surface area (Å²) < 4.78 is 5.14. The molecule has 1 fully saturated rings. The fourth-order valence-electron chi connectivity index (χ4n) is 2.65. The van der Waals surface area contributed by atoms with E-state index in [2.05, 4.69) is 26.1 Å². The molecule has 0 saturated heterocycles. The molecule has 0 aromatic heterocycles. The highest BCUT2D eigenvalue weighted by Crippen LogP contribution is 2.35. The highest BCUT2D eigenvalue weighted by Gasteiger charge is 2.29. The molecule has 0 radical (unpaired) electrons. The molecule has 0 amide bonds. The van der Waals surface area contributed by atoms with Gasteiger partial charge in [0.1, 0.15) is 6.04 Å². The van der Waals surface area contributed by atoms with E-state index in [0.29, 0.717) is 18.1 Å². The molecule has 0 bridgehead atoms. The lowest BCUT2D eigenvalue weighted by Gasteiger charge is -2.36. The Balaban J connectivity index is 2.44. The third-order valence-corrected chi connectivity index (χ3v) is 3.92. The second-order valence-electron chi connectivity index (χ2n) is 6.20. The topological polar surface area (TPSA) is 38.3 Å². The summed E-state index contributed by atoms with van der Waals surface area (Å²) in [5, 5.41) is 3.50. The molecule has 1 atom stereocenters. The van der Waals surface area contributed by atoms with Crippen molar-refractivity contribution in [1.82, 2.24) is 5.32 Å². The van der Waals surface area contributed by atoms with Crippen LogP contribution in [-0.2, 0) is 9.53 Å². The van der Waals surface area contributed by atoms with Crippen LogP contribution in [0.5, 0.6) is 0 Å². The Morgan fingerprint density at radius 2 is 1.94 bits per heavy atom. The van der Waals surface area contributed by atoms with Crippen molar-refractivity contribution in [3.63, 3.8) is 0 Å². The number of nitrogens with one attached hydrogen (secondary N) is 1. The summed E-state index contributed by atoms with van der Waals surface area (Å²) in [6, 6.07) is 0.375. The number of rotatable bonds is 6. The number of carbonyl (C=O) groups excluding carboxylic acids is 1. The first-order valence-electron chi connectivity index (χ1n) is 7.41. The smallest absolute Gasteiger partial charge is 0.323 e. The summed E-state index contributed by atoms with van der Waals surface area (Å²) in [7, 11) is 0. The van der Waals surface area contributed by atoms with Gasteiger partial charge in [0.2, 0.25) is 0 Å². The van der Waals surface area contributed by atoms with Crippen molar-refractivity contribution in [2.24, 2.45) is 5.41 Å². The number of esters is 1. The van der Waals surface area contributed by atoms with Gasteiger partial charge in [0.05, 0.1) is 6.61 Å². The number of hydrogen-bond donors (Lipinski definition) is 1. The van der Waals surface area contributed by atoms with Gasteiger partial charge in [-0.25, -0.2) is 0 Å². The van der Waals surface area contributed by atoms with Gasteiger partial charge < -0.3 is 10.1 Å². The molecule has 3 nitrogen and oxygen atoms in total. The molecule has 0 aromatic carbocycles. The quantitative estimate of drug-likeness (QED) is 0.740. The normalized spacial score (nSPS) is 21.6. The summed E-state index contributed by atoms with van der Waals surface area (Å²) in [4.78, 5) is 11.8. The molecule has 1 aliphatic rings. The molecule has 0 aromatic rings. The van der Waals surface area contributed by atoms with Crippen molar-refractivity contribution in [2.45, 2.75) is 78.3 Å². The zero-order valence-corrected chi connectivity index (χ0v) is 12.4. The number of carbonyl (C=O) groups is 1. The predicted octanol–water partition coefficient (Wildman–Crippen LogP) is 3.28. The van der Waals surface area contributed by atoms with Crippen LogP contribution >= 0.6 is 0 Å². The van der Waals surface area contributed by atoms with Gasteiger partial charge in [-0.15, -0.1) is 0 Å². The van der Waals surface area contributed by atoms with Gasteiger partial charge in [-0.05, 0) is 44.4 Å². The van der Waals surface area contributed by atoms with E-state index >= 15 is 0 Å². The fraction of sp³-hybridized carbons (Fsp3) is 0.933. The monoisotopic (exact) mass is 255 g/mol. The van der Waals surface area contributed by atoms with E-state index in [1.165, 1.54) is 25.7 Å². The van der Waals surface area contributed by atoms with E-state index in [9.17, 15) is 4.79 Å². The lowest BCUT2D eigenvalue weighted by molar-refractivity contribution is -0.146. The van der Waals surface area contributed by atoms with Crippen LogP contribution in [0.4, 0.5) is 0 Å². The highest BCUT2D eigenvalue weighted by atomic mass is 16.5.